The molecule has 2 rings (SSSR count). The van der Waals surface area contributed by atoms with Gasteiger partial charge in [-0.05, 0) is 25.3 Å². The van der Waals surface area contributed by atoms with Crippen molar-refractivity contribution in [2.24, 2.45) is 10.9 Å². The Bertz CT molecular complexity index is 653. The number of halogens is 1. The molecular weight excluding hydrogens is 451 g/mol. The Kier molecular flexibility index (Phi) is 9.31. The molecule has 1 unspecified atom stereocenters. The summed E-state index contributed by atoms with van der Waals surface area (Å²) in [4.78, 5) is 28.7. The van der Waals surface area contributed by atoms with Crippen molar-refractivity contribution in [2.45, 2.75) is 26.3 Å². The Morgan fingerprint density at radius 1 is 1.50 bits per heavy atom. The number of esters is 1. The Morgan fingerprint density at radius 2 is 2.27 bits per heavy atom. The minimum atomic E-state index is -0.410. The van der Waals surface area contributed by atoms with Crippen LogP contribution in [0.1, 0.15) is 25.3 Å². The third-order valence-electron chi connectivity index (χ3n) is 4.12. The summed E-state index contributed by atoms with van der Waals surface area (Å²) >= 11 is 0. The average molecular weight is 476 g/mol. The van der Waals surface area contributed by atoms with Crippen LogP contribution in [0.4, 0.5) is 5.69 Å². The maximum Gasteiger partial charge on any atom is 0.310 e. The van der Waals surface area contributed by atoms with E-state index in [2.05, 4.69) is 10.3 Å². The summed E-state index contributed by atoms with van der Waals surface area (Å²) in [5, 5.41) is 14.1. The first-order valence-electron chi connectivity index (χ1n) is 8.40. The normalized spacial score (nSPS) is 17.2. The number of nitro benzene ring substituents is 1. The van der Waals surface area contributed by atoms with E-state index in [9.17, 15) is 14.9 Å². The molecule has 1 aliphatic rings. The molecule has 26 heavy (non-hydrogen) atoms. The van der Waals surface area contributed by atoms with E-state index in [1.165, 1.54) is 12.1 Å². The predicted molar refractivity (Wildman–Crippen MR) is 110 cm³/mol. The number of nitrogens with zero attached hydrogens (tertiary/aromatic N) is 3. The van der Waals surface area contributed by atoms with Gasteiger partial charge in [-0.3, -0.25) is 19.9 Å². The smallest absolute Gasteiger partial charge is 0.310 e. The zero-order valence-electron chi connectivity index (χ0n) is 15.0. The molecule has 0 spiro atoms. The Labute approximate surface area is 170 Å². The monoisotopic (exact) mass is 476 g/mol. The molecule has 1 heterocycles. The van der Waals surface area contributed by atoms with E-state index < -0.39 is 4.92 Å². The van der Waals surface area contributed by atoms with Crippen LogP contribution in [0.25, 0.3) is 0 Å². The lowest BCUT2D eigenvalue weighted by molar-refractivity contribution is -0.384. The first kappa shape index (κ1) is 22.1. The van der Waals surface area contributed by atoms with Gasteiger partial charge in [0.15, 0.2) is 5.96 Å². The van der Waals surface area contributed by atoms with E-state index in [1.807, 2.05) is 11.0 Å². The van der Waals surface area contributed by atoms with E-state index in [4.69, 9.17) is 4.74 Å². The van der Waals surface area contributed by atoms with E-state index in [0.29, 0.717) is 25.7 Å². The number of rotatable bonds is 5. The number of likely N-dealkylation sites (tertiary alicyclic amines) is 1. The SMILES string of the molecule is CCOC(=O)C1CCCN(C(=NC)NCc2cccc([N+](=O)[O-])c2)C1.I. The maximum atomic E-state index is 12.0. The van der Waals surface area contributed by atoms with Crippen LogP contribution in [0.2, 0.25) is 0 Å². The first-order valence-corrected chi connectivity index (χ1v) is 8.40. The van der Waals surface area contributed by atoms with Crippen molar-refractivity contribution in [3.8, 4) is 0 Å². The van der Waals surface area contributed by atoms with E-state index in [1.54, 1.807) is 20.0 Å². The molecule has 0 bridgehead atoms. The summed E-state index contributed by atoms with van der Waals surface area (Å²) < 4.78 is 5.12. The summed E-state index contributed by atoms with van der Waals surface area (Å²) in [6, 6.07) is 6.49. The number of ether oxygens (including phenoxy) is 1. The number of benzene rings is 1. The van der Waals surface area contributed by atoms with E-state index in [0.717, 1.165) is 24.9 Å². The molecule has 1 fully saturated rings. The maximum absolute atomic E-state index is 12.0. The van der Waals surface area contributed by atoms with Crippen LogP contribution < -0.4 is 5.32 Å². The molecule has 1 atom stereocenters. The van der Waals surface area contributed by atoms with Crippen molar-refractivity contribution < 1.29 is 14.5 Å². The fraction of sp³-hybridized carbons (Fsp3) is 0.529. The number of hydrogen-bond acceptors (Lipinski definition) is 5. The lowest BCUT2D eigenvalue weighted by atomic mass is 9.98. The van der Waals surface area contributed by atoms with Crippen molar-refractivity contribution in [1.29, 1.82) is 0 Å². The summed E-state index contributed by atoms with van der Waals surface area (Å²) in [5.74, 6) is 0.368. The lowest BCUT2D eigenvalue weighted by Crippen LogP contribution is -2.48. The van der Waals surface area contributed by atoms with Crippen LogP contribution in [-0.2, 0) is 16.1 Å². The van der Waals surface area contributed by atoms with Crippen molar-refractivity contribution in [3.05, 3.63) is 39.9 Å². The summed E-state index contributed by atoms with van der Waals surface area (Å²) in [5.41, 5.74) is 0.865. The van der Waals surface area contributed by atoms with Crippen molar-refractivity contribution in [1.82, 2.24) is 10.2 Å². The Hall–Kier alpha value is -1.91. The fourth-order valence-electron chi connectivity index (χ4n) is 2.92. The molecule has 1 aromatic rings. The van der Waals surface area contributed by atoms with E-state index >= 15 is 0 Å². The van der Waals surface area contributed by atoms with Gasteiger partial charge in [-0.15, -0.1) is 24.0 Å². The number of non-ortho nitro benzene ring substituents is 1. The molecule has 1 N–H and O–H groups in total. The second kappa shape index (κ2) is 10.9. The highest BCUT2D eigenvalue weighted by Crippen LogP contribution is 2.18. The number of hydrogen-bond donors (Lipinski definition) is 1. The molecule has 0 aromatic heterocycles. The van der Waals surface area contributed by atoms with Crippen molar-refractivity contribution >= 4 is 41.6 Å². The van der Waals surface area contributed by atoms with Gasteiger partial charge in [-0.25, -0.2) is 0 Å². The number of nitrogens with one attached hydrogen (secondary N) is 1. The number of carbonyl (C=O) groups excluding carboxylic acids is 1. The molecular formula is C17H25IN4O4. The second-order valence-corrected chi connectivity index (χ2v) is 5.86. The topological polar surface area (TPSA) is 97.1 Å². The van der Waals surface area contributed by atoms with E-state index in [-0.39, 0.29) is 41.6 Å². The van der Waals surface area contributed by atoms with Gasteiger partial charge in [-0.2, -0.15) is 0 Å². The highest BCUT2D eigenvalue weighted by atomic mass is 127. The third-order valence-corrected chi connectivity index (χ3v) is 4.12. The second-order valence-electron chi connectivity index (χ2n) is 5.86. The van der Waals surface area contributed by atoms with Gasteiger partial charge in [0.1, 0.15) is 0 Å². The zero-order chi connectivity index (χ0) is 18.2. The lowest BCUT2D eigenvalue weighted by Gasteiger charge is -2.33. The van der Waals surface area contributed by atoms with Crippen LogP contribution in [0, 0.1) is 16.0 Å². The van der Waals surface area contributed by atoms with Gasteiger partial charge in [0.2, 0.25) is 0 Å². The molecule has 1 aliphatic heterocycles. The fourth-order valence-corrected chi connectivity index (χ4v) is 2.92. The van der Waals surface area contributed by atoms with Crippen molar-refractivity contribution in [3.63, 3.8) is 0 Å². The summed E-state index contributed by atoms with van der Waals surface area (Å²) in [6.07, 6.45) is 1.71. The molecule has 0 amide bonds. The minimum absolute atomic E-state index is 0. The minimum Gasteiger partial charge on any atom is -0.466 e. The van der Waals surface area contributed by atoms with Gasteiger partial charge in [0.05, 0.1) is 17.4 Å². The number of nitro groups is 1. The number of carbonyl (C=O) groups is 1. The molecule has 9 heteroatoms. The van der Waals surface area contributed by atoms with Crippen LogP contribution in [-0.4, -0.2) is 48.5 Å². The quantitative estimate of drug-likeness (QED) is 0.175. The third kappa shape index (κ3) is 6.11. The molecule has 1 aromatic carbocycles. The average Bonchev–Trinajstić information content (AvgIpc) is 2.63. The standard InChI is InChI=1S/C17H24N4O4.HI/c1-3-25-16(22)14-7-5-9-20(12-14)17(18-2)19-11-13-6-4-8-15(10-13)21(23)24;/h4,6,8,10,14H,3,5,7,9,11-12H2,1-2H3,(H,18,19);1H. The van der Waals surface area contributed by atoms with Crippen molar-refractivity contribution in [2.75, 3.05) is 26.7 Å². The van der Waals surface area contributed by atoms with Gasteiger partial charge in [0, 0.05) is 38.8 Å². The highest BCUT2D eigenvalue weighted by Gasteiger charge is 2.28. The summed E-state index contributed by atoms with van der Waals surface area (Å²) in [6.45, 7) is 3.99. The zero-order valence-corrected chi connectivity index (χ0v) is 17.3. The van der Waals surface area contributed by atoms with Gasteiger partial charge in [0.25, 0.3) is 5.69 Å². The molecule has 8 nitrogen and oxygen atoms in total. The largest absolute Gasteiger partial charge is 0.466 e. The molecule has 1 saturated heterocycles. The molecule has 0 radical (unpaired) electrons. The van der Waals surface area contributed by atoms with Crippen LogP contribution in [0.15, 0.2) is 29.3 Å². The molecule has 0 saturated carbocycles. The summed E-state index contributed by atoms with van der Waals surface area (Å²) in [7, 11) is 1.68. The first-order chi connectivity index (χ1) is 12.0. The van der Waals surface area contributed by atoms with Gasteiger partial charge in [-0.1, -0.05) is 12.1 Å². The van der Waals surface area contributed by atoms with Crippen LogP contribution in [0.5, 0.6) is 0 Å². The van der Waals surface area contributed by atoms with Gasteiger partial charge < -0.3 is 15.0 Å². The number of piperidine rings is 1. The van der Waals surface area contributed by atoms with Crippen LogP contribution >= 0.6 is 24.0 Å². The highest BCUT2D eigenvalue weighted by molar-refractivity contribution is 14.0. The van der Waals surface area contributed by atoms with Crippen LogP contribution in [0.3, 0.4) is 0 Å². The van der Waals surface area contributed by atoms with Gasteiger partial charge >= 0.3 is 5.97 Å². The Morgan fingerprint density at radius 3 is 2.92 bits per heavy atom. The molecule has 0 aliphatic carbocycles. The predicted octanol–water partition coefficient (Wildman–Crippen LogP) is 2.56. The Balaban J connectivity index is 0.00000338. The number of guanidine groups is 1. The number of aliphatic imine (C=N–C) groups is 1. The molecule has 144 valence electrons.